The molecule has 0 spiro atoms. The molecule has 1 atom stereocenters. The standard InChI is InChI=1S/C56H108O6/c1-4-7-10-13-16-19-22-25-27-29-32-35-38-41-44-47-50-56(59)62-53(51-60-54(57)48-45-42-39-36-33-30-24-21-18-15-12-9-6-3)52-61-55(58)49-46-43-40-37-34-31-28-26-23-20-17-14-11-8-5-2/h53H,4-52H2,1-3H3/t53-/m0/s1. The third kappa shape index (κ3) is 49.4. The second-order valence-corrected chi connectivity index (χ2v) is 19.2. The van der Waals surface area contributed by atoms with Crippen molar-refractivity contribution in [1.29, 1.82) is 0 Å². The molecular weight excluding hydrogens is 769 g/mol. The summed E-state index contributed by atoms with van der Waals surface area (Å²) in [6.45, 7) is 6.70. The lowest BCUT2D eigenvalue weighted by Gasteiger charge is -2.18. The molecule has 6 heteroatoms. The van der Waals surface area contributed by atoms with Crippen molar-refractivity contribution < 1.29 is 28.6 Å². The SMILES string of the molecule is CCCCCCCCCCCCCCCCCCC(=O)O[C@@H](COC(=O)CCCCCCCCCCCCCCC)COC(=O)CCCCCCCCCCCCCCCCC. The number of hydrogen-bond donors (Lipinski definition) is 0. The molecule has 0 aliphatic carbocycles. The first-order valence-corrected chi connectivity index (χ1v) is 28.0. The van der Waals surface area contributed by atoms with Crippen molar-refractivity contribution in [3.05, 3.63) is 0 Å². The summed E-state index contributed by atoms with van der Waals surface area (Å²) >= 11 is 0. The van der Waals surface area contributed by atoms with E-state index in [4.69, 9.17) is 14.2 Å². The highest BCUT2D eigenvalue weighted by Crippen LogP contribution is 2.17. The Morgan fingerprint density at radius 1 is 0.258 bits per heavy atom. The monoisotopic (exact) mass is 877 g/mol. The van der Waals surface area contributed by atoms with E-state index in [1.807, 2.05) is 0 Å². The number of hydrogen-bond acceptors (Lipinski definition) is 6. The van der Waals surface area contributed by atoms with Crippen LogP contribution >= 0.6 is 0 Å². The second-order valence-electron chi connectivity index (χ2n) is 19.2. The van der Waals surface area contributed by atoms with Crippen LogP contribution in [-0.4, -0.2) is 37.2 Å². The zero-order chi connectivity index (χ0) is 45.1. The Morgan fingerprint density at radius 2 is 0.435 bits per heavy atom. The fourth-order valence-corrected chi connectivity index (χ4v) is 8.62. The molecule has 0 N–H and O–H groups in total. The summed E-state index contributed by atoms with van der Waals surface area (Å²) in [5.74, 6) is -0.834. The van der Waals surface area contributed by atoms with Gasteiger partial charge >= 0.3 is 17.9 Å². The van der Waals surface area contributed by atoms with Crippen molar-refractivity contribution in [2.75, 3.05) is 13.2 Å². The number of esters is 3. The van der Waals surface area contributed by atoms with Crippen molar-refractivity contribution in [1.82, 2.24) is 0 Å². The zero-order valence-corrected chi connectivity index (χ0v) is 42.2. The topological polar surface area (TPSA) is 78.9 Å². The fraction of sp³-hybridized carbons (Fsp3) is 0.946. The smallest absolute Gasteiger partial charge is 0.306 e. The normalized spacial score (nSPS) is 11.9. The van der Waals surface area contributed by atoms with E-state index in [0.29, 0.717) is 19.3 Å². The Labute approximate surface area is 387 Å². The number of rotatable bonds is 52. The van der Waals surface area contributed by atoms with E-state index >= 15 is 0 Å². The maximum absolute atomic E-state index is 12.8. The molecule has 0 radical (unpaired) electrons. The molecule has 6 nitrogen and oxygen atoms in total. The number of carbonyl (C=O) groups excluding carboxylic acids is 3. The number of unbranched alkanes of at least 4 members (excludes halogenated alkanes) is 41. The minimum atomic E-state index is -0.760. The Balaban J connectivity index is 4.29. The minimum absolute atomic E-state index is 0.0612. The van der Waals surface area contributed by atoms with Crippen molar-refractivity contribution >= 4 is 17.9 Å². The van der Waals surface area contributed by atoms with E-state index < -0.39 is 6.10 Å². The van der Waals surface area contributed by atoms with Crippen LogP contribution in [0.2, 0.25) is 0 Å². The van der Waals surface area contributed by atoms with E-state index in [9.17, 15) is 14.4 Å². The summed E-state index contributed by atoms with van der Waals surface area (Å²) in [5, 5.41) is 0. The molecule has 0 saturated carbocycles. The van der Waals surface area contributed by atoms with Crippen LogP contribution in [0.1, 0.15) is 323 Å². The molecule has 0 heterocycles. The first-order valence-electron chi connectivity index (χ1n) is 28.0. The van der Waals surface area contributed by atoms with Gasteiger partial charge in [0, 0.05) is 19.3 Å². The van der Waals surface area contributed by atoms with Crippen molar-refractivity contribution in [2.45, 2.75) is 329 Å². The maximum atomic E-state index is 12.8. The van der Waals surface area contributed by atoms with Gasteiger partial charge in [-0.15, -0.1) is 0 Å². The van der Waals surface area contributed by atoms with Crippen LogP contribution < -0.4 is 0 Å². The van der Waals surface area contributed by atoms with Crippen LogP contribution in [0, 0.1) is 0 Å². The molecular formula is C56H108O6. The molecule has 368 valence electrons. The Kier molecular flexibility index (Phi) is 50.7. The van der Waals surface area contributed by atoms with E-state index in [1.165, 1.54) is 225 Å². The Morgan fingerprint density at radius 3 is 0.645 bits per heavy atom. The average Bonchev–Trinajstić information content (AvgIpc) is 3.27. The van der Waals surface area contributed by atoms with Gasteiger partial charge in [-0.1, -0.05) is 284 Å². The average molecular weight is 877 g/mol. The molecule has 0 aromatic heterocycles. The summed E-state index contributed by atoms with van der Waals surface area (Å²) in [4.78, 5) is 38.1. The van der Waals surface area contributed by atoms with Crippen molar-refractivity contribution in [3.8, 4) is 0 Å². The van der Waals surface area contributed by atoms with Gasteiger partial charge in [-0.3, -0.25) is 14.4 Å². The van der Waals surface area contributed by atoms with Gasteiger partial charge < -0.3 is 14.2 Å². The molecule has 0 aliphatic rings. The second kappa shape index (κ2) is 52.0. The summed E-state index contributed by atoms with van der Waals surface area (Å²) in [7, 11) is 0. The first-order chi connectivity index (χ1) is 30.5. The predicted molar refractivity (Wildman–Crippen MR) is 266 cm³/mol. The summed E-state index contributed by atoms with van der Waals surface area (Å²) < 4.78 is 16.9. The van der Waals surface area contributed by atoms with Gasteiger partial charge in [0.15, 0.2) is 6.10 Å². The van der Waals surface area contributed by atoms with E-state index in [0.717, 1.165) is 57.8 Å². The third-order valence-corrected chi connectivity index (χ3v) is 12.9. The van der Waals surface area contributed by atoms with E-state index in [1.54, 1.807) is 0 Å². The van der Waals surface area contributed by atoms with Gasteiger partial charge in [0.25, 0.3) is 0 Å². The number of carbonyl (C=O) groups is 3. The largest absolute Gasteiger partial charge is 0.462 e. The fourth-order valence-electron chi connectivity index (χ4n) is 8.62. The molecule has 0 aromatic carbocycles. The molecule has 0 fully saturated rings. The molecule has 62 heavy (non-hydrogen) atoms. The van der Waals surface area contributed by atoms with Gasteiger partial charge in [0.2, 0.25) is 0 Å². The van der Waals surface area contributed by atoms with Crippen LogP contribution in [0.5, 0.6) is 0 Å². The van der Waals surface area contributed by atoms with Crippen molar-refractivity contribution in [2.24, 2.45) is 0 Å². The minimum Gasteiger partial charge on any atom is -0.462 e. The third-order valence-electron chi connectivity index (χ3n) is 12.9. The molecule has 0 bridgehead atoms. The van der Waals surface area contributed by atoms with Crippen molar-refractivity contribution in [3.63, 3.8) is 0 Å². The molecule has 0 saturated heterocycles. The van der Waals surface area contributed by atoms with Gasteiger partial charge in [-0.2, -0.15) is 0 Å². The summed E-state index contributed by atoms with van der Waals surface area (Å²) in [5.41, 5.74) is 0. The summed E-state index contributed by atoms with van der Waals surface area (Å²) in [6.07, 6.45) is 56.5. The van der Waals surface area contributed by atoms with Crippen LogP contribution in [-0.2, 0) is 28.6 Å². The highest BCUT2D eigenvalue weighted by Gasteiger charge is 2.19. The molecule has 0 rings (SSSR count). The highest BCUT2D eigenvalue weighted by atomic mass is 16.6. The lowest BCUT2D eigenvalue weighted by Crippen LogP contribution is -2.30. The molecule has 0 aliphatic heterocycles. The summed E-state index contributed by atoms with van der Waals surface area (Å²) in [6, 6.07) is 0. The highest BCUT2D eigenvalue weighted by molar-refractivity contribution is 5.71. The van der Waals surface area contributed by atoms with Gasteiger partial charge in [-0.05, 0) is 19.3 Å². The van der Waals surface area contributed by atoms with Gasteiger partial charge in [-0.25, -0.2) is 0 Å². The van der Waals surface area contributed by atoms with Crippen LogP contribution in [0.25, 0.3) is 0 Å². The lowest BCUT2D eigenvalue weighted by atomic mass is 10.0. The van der Waals surface area contributed by atoms with Gasteiger partial charge in [0.05, 0.1) is 0 Å². The van der Waals surface area contributed by atoms with Crippen LogP contribution in [0.3, 0.4) is 0 Å². The van der Waals surface area contributed by atoms with Crippen LogP contribution in [0.15, 0.2) is 0 Å². The Hall–Kier alpha value is -1.59. The molecule has 0 amide bonds. The zero-order valence-electron chi connectivity index (χ0n) is 42.2. The first kappa shape index (κ1) is 60.4. The van der Waals surface area contributed by atoms with Gasteiger partial charge in [0.1, 0.15) is 13.2 Å². The quantitative estimate of drug-likeness (QED) is 0.0344. The maximum Gasteiger partial charge on any atom is 0.306 e. The molecule has 0 unspecified atom stereocenters. The van der Waals surface area contributed by atoms with Crippen LogP contribution in [0.4, 0.5) is 0 Å². The Bertz CT molecular complexity index is 920. The van der Waals surface area contributed by atoms with E-state index in [-0.39, 0.29) is 31.1 Å². The number of ether oxygens (including phenoxy) is 3. The predicted octanol–water partition coefficient (Wildman–Crippen LogP) is 18.4. The van der Waals surface area contributed by atoms with E-state index in [2.05, 4.69) is 20.8 Å². The molecule has 0 aromatic rings. The lowest BCUT2D eigenvalue weighted by molar-refractivity contribution is -0.167.